The van der Waals surface area contributed by atoms with Gasteiger partial charge in [-0.2, -0.15) is 9.59 Å². The Hall–Kier alpha value is -0.660. The number of hydrogen-bond donors (Lipinski definition) is 1. The molecule has 0 aromatic carbocycles. The highest BCUT2D eigenvalue weighted by molar-refractivity contribution is 5.20. The molecule has 0 aromatic rings. The fraction of sp³-hybridized carbons (Fsp3) is 0.857. The first kappa shape index (κ1) is 9.34. The summed E-state index contributed by atoms with van der Waals surface area (Å²) in [7, 11) is 0. The van der Waals surface area contributed by atoms with Crippen molar-refractivity contribution in [2.24, 2.45) is 5.73 Å². The summed E-state index contributed by atoms with van der Waals surface area (Å²) in [5, 5.41) is 0. The van der Waals surface area contributed by atoms with Gasteiger partial charge in [0.05, 0.1) is 0 Å². The zero-order chi connectivity index (χ0) is 8.04. The first-order valence-corrected chi connectivity index (χ1v) is 3.46. The summed E-state index contributed by atoms with van der Waals surface area (Å²) >= 11 is 0. The highest BCUT2D eigenvalue weighted by atomic mass is 16.2. The summed E-state index contributed by atoms with van der Waals surface area (Å²) in [6, 6.07) is 0. The second kappa shape index (κ2) is 4.20. The monoisotopic (exact) mass is 143 g/mol. The van der Waals surface area contributed by atoms with Crippen molar-refractivity contribution < 1.29 is 9.59 Å². The molecule has 0 aromatic heterocycles. The molecule has 1 fully saturated rings. The summed E-state index contributed by atoms with van der Waals surface area (Å²) in [6.07, 6.45) is 5.27. The van der Waals surface area contributed by atoms with Gasteiger partial charge in [-0.15, -0.1) is 0 Å². The van der Waals surface area contributed by atoms with Crippen LogP contribution in [0.5, 0.6) is 0 Å². The van der Waals surface area contributed by atoms with Gasteiger partial charge in [-0.05, 0) is 25.7 Å². The molecule has 3 heteroatoms. The quantitative estimate of drug-likeness (QED) is 0.587. The van der Waals surface area contributed by atoms with Crippen LogP contribution in [0.25, 0.3) is 0 Å². The third-order valence-electron chi connectivity index (χ3n) is 2.05. The van der Waals surface area contributed by atoms with E-state index in [9.17, 15) is 0 Å². The molecule has 0 heterocycles. The zero-order valence-corrected chi connectivity index (χ0v) is 6.22. The van der Waals surface area contributed by atoms with E-state index in [1.165, 1.54) is 19.3 Å². The Bertz CT molecular complexity index is 118. The van der Waals surface area contributed by atoms with Gasteiger partial charge >= 0.3 is 6.15 Å². The van der Waals surface area contributed by atoms with Crippen molar-refractivity contribution >= 4 is 6.15 Å². The van der Waals surface area contributed by atoms with Gasteiger partial charge in [0.15, 0.2) is 0 Å². The largest absolute Gasteiger partial charge is 0.373 e. The lowest BCUT2D eigenvalue weighted by Gasteiger charge is -2.36. The maximum absolute atomic E-state index is 8.12. The molecule has 10 heavy (non-hydrogen) atoms. The SMILES string of the molecule is CCC1(N)CCC1.O=C=O. The van der Waals surface area contributed by atoms with E-state index in [1.807, 2.05) is 0 Å². The van der Waals surface area contributed by atoms with Crippen LogP contribution < -0.4 is 5.73 Å². The topological polar surface area (TPSA) is 60.2 Å². The molecule has 0 radical (unpaired) electrons. The molecule has 0 atom stereocenters. The van der Waals surface area contributed by atoms with Crippen molar-refractivity contribution in [2.75, 3.05) is 0 Å². The van der Waals surface area contributed by atoms with E-state index >= 15 is 0 Å². The standard InChI is InChI=1S/C6H13N.CO2/c1-2-6(7)4-3-5-6;2-1-3/h2-5,7H2,1H3;. The molecular weight excluding hydrogens is 130 g/mol. The van der Waals surface area contributed by atoms with Crippen molar-refractivity contribution in [3.8, 4) is 0 Å². The fourth-order valence-corrected chi connectivity index (χ4v) is 0.984. The molecule has 0 bridgehead atoms. The zero-order valence-electron chi connectivity index (χ0n) is 6.22. The van der Waals surface area contributed by atoms with Crippen LogP contribution >= 0.6 is 0 Å². The van der Waals surface area contributed by atoms with Crippen molar-refractivity contribution in [1.29, 1.82) is 0 Å². The van der Waals surface area contributed by atoms with Crippen LogP contribution in [0.4, 0.5) is 0 Å². The number of rotatable bonds is 1. The molecule has 1 rings (SSSR count). The number of nitrogens with two attached hydrogens (primary N) is 1. The van der Waals surface area contributed by atoms with E-state index in [-0.39, 0.29) is 11.7 Å². The van der Waals surface area contributed by atoms with Gasteiger partial charge in [-0.3, -0.25) is 0 Å². The van der Waals surface area contributed by atoms with E-state index in [0.29, 0.717) is 0 Å². The minimum Gasteiger partial charge on any atom is -0.325 e. The smallest absolute Gasteiger partial charge is 0.325 e. The van der Waals surface area contributed by atoms with Gasteiger partial charge in [0.1, 0.15) is 0 Å². The van der Waals surface area contributed by atoms with Crippen LogP contribution in [-0.4, -0.2) is 11.7 Å². The minimum absolute atomic E-state index is 0.250. The number of hydrogen-bond acceptors (Lipinski definition) is 3. The maximum Gasteiger partial charge on any atom is 0.373 e. The summed E-state index contributed by atoms with van der Waals surface area (Å²) in [5.41, 5.74) is 6.07. The van der Waals surface area contributed by atoms with Crippen LogP contribution in [0.15, 0.2) is 0 Å². The van der Waals surface area contributed by atoms with Gasteiger partial charge in [-0.1, -0.05) is 6.92 Å². The third-order valence-corrected chi connectivity index (χ3v) is 2.05. The Kier molecular flexibility index (Phi) is 3.93. The molecule has 3 nitrogen and oxygen atoms in total. The Morgan fingerprint density at radius 3 is 1.90 bits per heavy atom. The lowest BCUT2D eigenvalue weighted by molar-refractivity contribution is -0.191. The second-order valence-electron chi connectivity index (χ2n) is 2.65. The lowest BCUT2D eigenvalue weighted by Crippen LogP contribution is -2.45. The van der Waals surface area contributed by atoms with Crippen LogP contribution in [0, 0.1) is 0 Å². The summed E-state index contributed by atoms with van der Waals surface area (Å²) in [6.45, 7) is 2.17. The Morgan fingerprint density at radius 2 is 1.90 bits per heavy atom. The average molecular weight is 143 g/mol. The van der Waals surface area contributed by atoms with Gasteiger partial charge in [0, 0.05) is 5.54 Å². The lowest BCUT2D eigenvalue weighted by atomic mass is 9.76. The predicted octanol–water partition coefficient (Wildman–Crippen LogP) is 0.694. The van der Waals surface area contributed by atoms with Crippen molar-refractivity contribution in [1.82, 2.24) is 0 Å². The molecule has 0 aliphatic heterocycles. The molecule has 0 spiro atoms. The van der Waals surface area contributed by atoms with Crippen molar-refractivity contribution in [3.05, 3.63) is 0 Å². The summed E-state index contributed by atoms with van der Waals surface area (Å²) in [4.78, 5) is 16.2. The van der Waals surface area contributed by atoms with Crippen LogP contribution in [0.3, 0.4) is 0 Å². The van der Waals surface area contributed by atoms with Crippen molar-refractivity contribution in [2.45, 2.75) is 38.1 Å². The molecule has 1 aliphatic carbocycles. The van der Waals surface area contributed by atoms with Crippen LogP contribution in [0.1, 0.15) is 32.6 Å². The first-order valence-electron chi connectivity index (χ1n) is 3.46. The Labute approximate surface area is 60.6 Å². The molecular formula is C7H13NO2. The average Bonchev–Trinajstić information content (AvgIpc) is 1.85. The number of carbonyl (C=O) groups excluding carboxylic acids is 2. The Morgan fingerprint density at radius 1 is 1.50 bits per heavy atom. The van der Waals surface area contributed by atoms with Gasteiger partial charge < -0.3 is 5.73 Å². The normalized spacial score (nSPS) is 19.4. The summed E-state index contributed by atoms with van der Waals surface area (Å²) in [5.74, 6) is 0. The highest BCUT2D eigenvalue weighted by Gasteiger charge is 2.29. The molecule has 0 amide bonds. The Balaban J connectivity index is 0.000000236. The van der Waals surface area contributed by atoms with Gasteiger partial charge in [0.2, 0.25) is 0 Å². The van der Waals surface area contributed by atoms with E-state index < -0.39 is 0 Å². The van der Waals surface area contributed by atoms with E-state index in [2.05, 4.69) is 6.92 Å². The summed E-state index contributed by atoms with van der Waals surface area (Å²) < 4.78 is 0. The van der Waals surface area contributed by atoms with Gasteiger partial charge in [0.25, 0.3) is 0 Å². The van der Waals surface area contributed by atoms with Gasteiger partial charge in [-0.25, -0.2) is 0 Å². The molecule has 0 saturated heterocycles. The van der Waals surface area contributed by atoms with E-state index in [1.54, 1.807) is 0 Å². The maximum atomic E-state index is 8.12. The predicted molar refractivity (Wildman–Crippen MR) is 36.1 cm³/mol. The second-order valence-corrected chi connectivity index (χ2v) is 2.65. The molecule has 0 unspecified atom stereocenters. The van der Waals surface area contributed by atoms with Crippen molar-refractivity contribution in [3.63, 3.8) is 0 Å². The highest BCUT2D eigenvalue weighted by Crippen LogP contribution is 2.31. The van der Waals surface area contributed by atoms with E-state index in [4.69, 9.17) is 15.3 Å². The fourth-order valence-electron chi connectivity index (χ4n) is 0.984. The minimum atomic E-state index is 0.250. The van der Waals surface area contributed by atoms with Crippen LogP contribution in [0.2, 0.25) is 0 Å². The molecule has 2 N–H and O–H groups in total. The molecule has 1 saturated carbocycles. The first-order chi connectivity index (χ1) is 4.68. The molecule has 1 aliphatic rings. The third kappa shape index (κ3) is 2.76. The molecule has 58 valence electrons. The van der Waals surface area contributed by atoms with Crippen LogP contribution in [-0.2, 0) is 9.59 Å². The van der Waals surface area contributed by atoms with E-state index in [0.717, 1.165) is 6.42 Å².